The summed E-state index contributed by atoms with van der Waals surface area (Å²) in [7, 11) is 0. The number of phenols is 1. The summed E-state index contributed by atoms with van der Waals surface area (Å²) in [5, 5.41) is 9.99. The summed E-state index contributed by atoms with van der Waals surface area (Å²) in [5.74, 6) is 0.573. The van der Waals surface area contributed by atoms with Crippen molar-refractivity contribution in [3.8, 4) is 5.75 Å². The number of anilines is 1. The van der Waals surface area contributed by atoms with Crippen LogP contribution >= 0.6 is 0 Å². The maximum absolute atomic E-state index is 12.8. The number of para-hydroxylation sites is 2. The molecule has 0 saturated carbocycles. The van der Waals surface area contributed by atoms with Crippen LogP contribution in [-0.2, 0) is 4.79 Å². The highest BCUT2D eigenvalue weighted by molar-refractivity contribution is 5.81. The maximum atomic E-state index is 12.8. The normalized spacial score (nSPS) is 21.4. The number of hydrogen-bond donors (Lipinski definition) is 1. The van der Waals surface area contributed by atoms with E-state index in [1.54, 1.807) is 6.07 Å². The summed E-state index contributed by atoms with van der Waals surface area (Å²) < 4.78 is 0. The van der Waals surface area contributed by atoms with Gasteiger partial charge in [-0.25, -0.2) is 0 Å². The molecule has 1 amide bonds. The predicted octanol–water partition coefficient (Wildman–Crippen LogP) is 2.31. The van der Waals surface area contributed by atoms with Crippen molar-refractivity contribution in [3.63, 3.8) is 0 Å². The van der Waals surface area contributed by atoms with Gasteiger partial charge in [0.05, 0.1) is 11.7 Å². The van der Waals surface area contributed by atoms with E-state index in [1.165, 1.54) is 25.7 Å². The lowest BCUT2D eigenvalue weighted by Gasteiger charge is -2.39. The van der Waals surface area contributed by atoms with Crippen LogP contribution in [-0.4, -0.2) is 66.1 Å². The fourth-order valence-electron chi connectivity index (χ4n) is 3.80. The van der Waals surface area contributed by atoms with E-state index in [0.29, 0.717) is 5.75 Å². The minimum Gasteiger partial charge on any atom is -0.506 e. The number of carbonyl (C=O) groups is 1. The molecular formula is C19H29N3O2. The molecular weight excluding hydrogens is 302 g/mol. The number of hydrogen-bond acceptors (Lipinski definition) is 4. The molecule has 1 atom stereocenters. The number of carbonyl (C=O) groups excluding carboxylic acids is 1. The van der Waals surface area contributed by atoms with E-state index in [4.69, 9.17) is 0 Å². The van der Waals surface area contributed by atoms with Gasteiger partial charge in [-0.2, -0.15) is 0 Å². The molecule has 0 bridgehead atoms. The molecule has 5 nitrogen and oxygen atoms in total. The third-order valence-corrected chi connectivity index (χ3v) is 5.36. The lowest BCUT2D eigenvalue weighted by Crippen LogP contribution is -2.54. The highest BCUT2D eigenvalue weighted by atomic mass is 16.3. The second kappa shape index (κ2) is 7.88. The van der Waals surface area contributed by atoms with E-state index in [-0.39, 0.29) is 11.9 Å². The molecule has 0 radical (unpaired) electrons. The molecule has 2 saturated heterocycles. The third-order valence-electron chi connectivity index (χ3n) is 5.36. The average Bonchev–Trinajstić information content (AvgIpc) is 2.90. The van der Waals surface area contributed by atoms with Gasteiger partial charge < -0.3 is 14.9 Å². The standard InChI is InChI=1S/C19H29N3O2/c1-16(20-10-6-2-3-7-11-20)19(24)22-14-12-21(13-15-22)17-8-4-5-9-18(17)23/h4-5,8-9,16,23H,2-3,6-7,10-15H2,1H3. The minimum atomic E-state index is -0.0141. The van der Waals surface area contributed by atoms with Crippen molar-refractivity contribution in [2.75, 3.05) is 44.2 Å². The first kappa shape index (κ1) is 17.1. The zero-order chi connectivity index (χ0) is 16.9. The van der Waals surface area contributed by atoms with Gasteiger partial charge in [0.15, 0.2) is 0 Å². The Labute approximate surface area is 144 Å². The van der Waals surface area contributed by atoms with Crippen LogP contribution in [0.1, 0.15) is 32.6 Å². The molecule has 0 aliphatic carbocycles. The number of rotatable bonds is 3. The minimum absolute atomic E-state index is 0.0141. The first-order valence-electron chi connectivity index (χ1n) is 9.22. The predicted molar refractivity (Wildman–Crippen MR) is 96.4 cm³/mol. The number of amides is 1. The van der Waals surface area contributed by atoms with Crippen LogP contribution in [0.4, 0.5) is 5.69 Å². The Morgan fingerprint density at radius 2 is 1.58 bits per heavy atom. The second-order valence-electron chi connectivity index (χ2n) is 6.93. The SMILES string of the molecule is CC(C(=O)N1CCN(c2ccccc2O)CC1)N1CCCCCC1. The number of benzene rings is 1. The van der Waals surface area contributed by atoms with Crippen LogP contribution in [0.2, 0.25) is 0 Å². The van der Waals surface area contributed by atoms with Crippen LogP contribution in [0, 0.1) is 0 Å². The van der Waals surface area contributed by atoms with Crippen LogP contribution in [0.25, 0.3) is 0 Å². The second-order valence-corrected chi connectivity index (χ2v) is 6.93. The molecule has 24 heavy (non-hydrogen) atoms. The zero-order valence-corrected chi connectivity index (χ0v) is 14.7. The number of nitrogens with zero attached hydrogens (tertiary/aromatic N) is 3. The summed E-state index contributed by atoms with van der Waals surface area (Å²) in [5.41, 5.74) is 0.866. The van der Waals surface area contributed by atoms with Gasteiger partial charge in [0.25, 0.3) is 0 Å². The Hall–Kier alpha value is -1.75. The fraction of sp³-hybridized carbons (Fsp3) is 0.632. The van der Waals surface area contributed by atoms with Crippen LogP contribution < -0.4 is 4.90 Å². The van der Waals surface area contributed by atoms with Crippen molar-refractivity contribution < 1.29 is 9.90 Å². The van der Waals surface area contributed by atoms with Crippen molar-refractivity contribution >= 4 is 11.6 Å². The molecule has 1 aromatic rings. The molecule has 2 heterocycles. The largest absolute Gasteiger partial charge is 0.506 e. The maximum Gasteiger partial charge on any atom is 0.239 e. The highest BCUT2D eigenvalue weighted by Gasteiger charge is 2.29. The highest BCUT2D eigenvalue weighted by Crippen LogP contribution is 2.27. The molecule has 2 aliphatic rings. The quantitative estimate of drug-likeness (QED) is 0.923. The van der Waals surface area contributed by atoms with Gasteiger partial charge in [-0.1, -0.05) is 25.0 Å². The lowest BCUT2D eigenvalue weighted by atomic mass is 10.2. The van der Waals surface area contributed by atoms with Gasteiger partial charge in [0.2, 0.25) is 5.91 Å². The Kier molecular flexibility index (Phi) is 5.61. The summed E-state index contributed by atoms with van der Waals surface area (Å²) in [4.78, 5) is 19.3. The van der Waals surface area contributed by atoms with Crippen molar-refractivity contribution in [1.29, 1.82) is 0 Å². The number of aromatic hydroxyl groups is 1. The fourth-order valence-corrected chi connectivity index (χ4v) is 3.80. The van der Waals surface area contributed by atoms with Crippen LogP contribution in [0.15, 0.2) is 24.3 Å². The number of phenolic OH excluding ortho intramolecular Hbond substituents is 1. The molecule has 1 unspecified atom stereocenters. The lowest BCUT2D eigenvalue weighted by molar-refractivity contribution is -0.136. The zero-order valence-electron chi connectivity index (χ0n) is 14.7. The Bertz CT molecular complexity index is 547. The topological polar surface area (TPSA) is 47.0 Å². The van der Waals surface area contributed by atoms with Gasteiger partial charge in [-0.05, 0) is 45.0 Å². The molecule has 3 rings (SSSR count). The first-order valence-corrected chi connectivity index (χ1v) is 9.22. The van der Waals surface area contributed by atoms with Crippen LogP contribution in [0.3, 0.4) is 0 Å². The Balaban J connectivity index is 1.55. The first-order chi connectivity index (χ1) is 11.7. The molecule has 1 N–H and O–H groups in total. The summed E-state index contributed by atoms with van der Waals surface area (Å²) in [6.45, 7) is 7.15. The molecule has 0 spiro atoms. The van der Waals surface area contributed by atoms with E-state index in [0.717, 1.165) is 45.0 Å². The summed E-state index contributed by atoms with van der Waals surface area (Å²) in [6.07, 6.45) is 4.99. The molecule has 132 valence electrons. The van der Waals surface area contributed by atoms with E-state index in [9.17, 15) is 9.90 Å². The third kappa shape index (κ3) is 3.83. The van der Waals surface area contributed by atoms with E-state index in [1.807, 2.05) is 23.1 Å². The van der Waals surface area contributed by atoms with Gasteiger partial charge in [0, 0.05) is 26.2 Å². The average molecular weight is 331 g/mol. The van der Waals surface area contributed by atoms with E-state index in [2.05, 4.69) is 16.7 Å². The summed E-state index contributed by atoms with van der Waals surface area (Å²) >= 11 is 0. The van der Waals surface area contributed by atoms with Crippen molar-refractivity contribution in [2.24, 2.45) is 0 Å². The van der Waals surface area contributed by atoms with Gasteiger partial charge in [-0.15, -0.1) is 0 Å². The monoisotopic (exact) mass is 331 g/mol. The molecule has 2 fully saturated rings. The Morgan fingerprint density at radius 1 is 0.958 bits per heavy atom. The van der Waals surface area contributed by atoms with Gasteiger partial charge in [0.1, 0.15) is 5.75 Å². The molecule has 1 aromatic carbocycles. The van der Waals surface area contributed by atoms with E-state index >= 15 is 0 Å². The van der Waals surface area contributed by atoms with Crippen LogP contribution in [0.5, 0.6) is 5.75 Å². The molecule has 0 aromatic heterocycles. The Morgan fingerprint density at radius 3 is 2.21 bits per heavy atom. The van der Waals surface area contributed by atoms with Crippen molar-refractivity contribution in [1.82, 2.24) is 9.80 Å². The smallest absolute Gasteiger partial charge is 0.239 e. The van der Waals surface area contributed by atoms with Crippen molar-refractivity contribution in [2.45, 2.75) is 38.6 Å². The number of piperazine rings is 1. The molecule has 2 aliphatic heterocycles. The van der Waals surface area contributed by atoms with Gasteiger partial charge >= 0.3 is 0 Å². The van der Waals surface area contributed by atoms with Gasteiger partial charge in [-0.3, -0.25) is 9.69 Å². The summed E-state index contributed by atoms with van der Waals surface area (Å²) in [6, 6.07) is 7.41. The number of likely N-dealkylation sites (tertiary alicyclic amines) is 1. The molecule has 5 heteroatoms. The van der Waals surface area contributed by atoms with Crippen molar-refractivity contribution in [3.05, 3.63) is 24.3 Å². The van der Waals surface area contributed by atoms with E-state index < -0.39 is 0 Å².